The van der Waals surface area contributed by atoms with Crippen LogP contribution in [-0.2, 0) is 0 Å². The van der Waals surface area contributed by atoms with Gasteiger partial charge in [0.15, 0.2) is 0 Å². The van der Waals surface area contributed by atoms with E-state index >= 15 is 0 Å². The van der Waals surface area contributed by atoms with Crippen molar-refractivity contribution in [3.05, 3.63) is 0 Å². The molecule has 0 saturated carbocycles. The van der Waals surface area contributed by atoms with E-state index in [9.17, 15) is 9.59 Å². The average Bonchev–Trinajstić information content (AvgIpc) is 2.31. The molecule has 10 nitrogen and oxygen atoms in total. The van der Waals surface area contributed by atoms with Gasteiger partial charge < -0.3 is 22.1 Å². The molecule has 18 heavy (non-hydrogen) atoms. The second kappa shape index (κ2) is 9.41. The molecule has 0 aliphatic rings. The maximum absolute atomic E-state index is 10.6. The molecule has 0 aliphatic carbocycles. The van der Waals surface area contributed by atoms with Crippen LogP contribution >= 0.6 is 0 Å². The van der Waals surface area contributed by atoms with Crippen molar-refractivity contribution in [3.63, 3.8) is 0 Å². The van der Waals surface area contributed by atoms with Crippen LogP contribution in [0.3, 0.4) is 0 Å². The van der Waals surface area contributed by atoms with Crippen molar-refractivity contribution in [1.82, 2.24) is 20.7 Å². The minimum atomic E-state index is -0.663. The van der Waals surface area contributed by atoms with Crippen LogP contribution in [0.5, 0.6) is 0 Å². The van der Waals surface area contributed by atoms with Gasteiger partial charge in [-0.05, 0) is 0 Å². The molecule has 0 heterocycles. The summed E-state index contributed by atoms with van der Waals surface area (Å²) in [6, 6.07) is -1.33. The van der Waals surface area contributed by atoms with E-state index in [0.717, 1.165) is 10.0 Å². The second-order valence-electron chi connectivity index (χ2n) is 3.56. The topological polar surface area (TPSA) is 169 Å². The van der Waals surface area contributed by atoms with Crippen molar-refractivity contribution in [2.45, 2.75) is 0 Å². The van der Waals surface area contributed by atoms with Crippen molar-refractivity contribution in [2.24, 2.45) is 23.2 Å². The number of nitrogens with zero attached hydrogens (tertiary/aromatic N) is 2. The minimum Gasteiger partial charge on any atom is -0.350 e. The number of carbonyl (C=O) groups excluding carboxylic acids is 2. The van der Waals surface area contributed by atoms with Crippen molar-refractivity contribution in [2.75, 3.05) is 39.3 Å². The van der Waals surface area contributed by atoms with E-state index in [4.69, 9.17) is 23.2 Å². The van der Waals surface area contributed by atoms with Crippen LogP contribution < -0.4 is 33.8 Å². The third-order valence-corrected chi connectivity index (χ3v) is 2.10. The summed E-state index contributed by atoms with van der Waals surface area (Å²) in [6.45, 7) is 3.15. The van der Waals surface area contributed by atoms with Gasteiger partial charge in [-0.2, -0.15) is 0 Å². The zero-order chi connectivity index (χ0) is 14.0. The van der Waals surface area contributed by atoms with E-state index in [1.165, 1.54) is 0 Å². The molecule has 0 aromatic rings. The molecule has 10 heteroatoms. The molecule has 0 aromatic heterocycles. The first-order valence-electron chi connectivity index (χ1n) is 5.50. The van der Waals surface area contributed by atoms with Gasteiger partial charge in [0.05, 0.1) is 13.1 Å². The number of nitrogens with two attached hydrogens (primary N) is 4. The van der Waals surface area contributed by atoms with Crippen LogP contribution in [0.2, 0.25) is 0 Å². The van der Waals surface area contributed by atoms with Gasteiger partial charge >= 0.3 is 12.1 Å². The number of nitrogens with one attached hydrogen (secondary N) is 2. The molecule has 0 saturated heterocycles. The summed E-state index contributed by atoms with van der Waals surface area (Å²) >= 11 is 0. The molecule has 0 fully saturated rings. The highest BCUT2D eigenvalue weighted by molar-refractivity contribution is 5.71. The Kier molecular flexibility index (Phi) is 8.57. The summed E-state index contributed by atoms with van der Waals surface area (Å²) < 4.78 is 0. The maximum Gasteiger partial charge on any atom is 0.328 e. The highest BCUT2D eigenvalue weighted by atomic mass is 16.2. The van der Waals surface area contributed by atoms with E-state index in [1.54, 1.807) is 0 Å². The van der Waals surface area contributed by atoms with Gasteiger partial charge in [-0.15, -0.1) is 0 Å². The van der Waals surface area contributed by atoms with Crippen LogP contribution in [0.4, 0.5) is 9.59 Å². The highest BCUT2D eigenvalue weighted by Gasteiger charge is 2.02. The molecule has 0 bridgehead atoms. The van der Waals surface area contributed by atoms with Gasteiger partial charge in [0, 0.05) is 26.2 Å². The number of hydrogen-bond donors (Lipinski definition) is 6. The standard InChI is InChI=1S/C8H22N8O2/c9-7(17)15(11)5-3-13-1-2-14-4-6-16(12)8(10)18/h13-14H,1-6,11-12H2,(H2,9,17)(H2,10,18). The zero-order valence-corrected chi connectivity index (χ0v) is 10.3. The highest BCUT2D eigenvalue weighted by Crippen LogP contribution is 1.75. The van der Waals surface area contributed by atoms with Crippen LogP contribution in [0.1, 0.15) is 0 Å². The predicted molar refractivity (Wildman–Crippen MR) is 66.7 cm³/mol. The van der Waals surface area contributed by atoms with E-state index < -0.39 is 12.1 Å². The fourth-order valence-electron chi connectivity index (χ4n) is 1.05. The first-order chi connectivity index (χ1) is 8.45. The fraction of sp³-hybridized carbons (Fsp3) is 0.750. The van der Waals surface area contributed by atoms with E-state index in [0.29, 0.717) is 39.3 Å². The van der Waals surface area contributed by atoms with Gasteiger partial charge in [0.1, 0.15) is 0 Å². The third kappa shape index (κ3) is 8.52. The number of urea groups is 2. The Morgan fingerprint density at radius 2 is 1.11 bits per heavy atom. The molecule has 0 rings (SSSR count). The number of hydrazine groups is 2. The normalized spacial score (nSPS) is 10.1. The predicted octanol–water partition coefficient (Wildman–Crippen LogP) is -3.33. The van der Waals surface area contributed by atoms with E-state index in [-0.39, 0.29) is 0 Å². The lowest BCUT2D eigenvalue weighted by Crippen LogP contribution is -2.46. The number of hydrogen-bond acceptors (Lipinski definition) is 6. The SMILES string of the molecule is NC(=O)N(N)CCNCCNCCN(N)C(N)=O. The molecule has 0 unspecified atom stereocenters. The van der Waals surface area contributed by atoms with Gasteiger partial charge in [-0.25, -0.2) is 21.3 Å². The lowest BCUT2D eigenvalue weighted by Gasteiger charge is -2.15. The molecular weight excluding hydrogens is 240 g/mol. The first kappa shape index (κ1) is 16.4. The Labute approximate surface area is 106 Å². The second-order valence-corrected chi connectivity index (χ2v) is 3.56. The van der Waals surface area contributed by atoms with Gasteiger partial charge in [0.25, 0.3) is 0 Å². The van der Waals surface area contributed by atoms with Crippen LogP contribution in [0.15, 0.2) is 0 Å². The van der Waals surface area contributed by atoms with Crippen LogP contribution in [0, 0.1) is 0 Å². The lowest BCUT2D eigenvalue weighted by atomic mass is 10.5. The summed E-state index contributed by atoms with van der Waals surface area (Å²) in [4.78, 5) is 21.1. The van der Waals surface area contributed by atoms with E-state index in [2.05, 4.69) is 10.6 Å². The fourth-order valence-corrected chi connectivity index (χ4v) is 1.05. The Balaban J connectivity index is 3.26. The molecule has 106 valence electrons. The van der Waals surface area contributed by atoms with Crippen molar-refractivity contribution >= 4 is 12.1 Å². The molecular formula is C8H22N8O2. The summed E-state index contributed by atoms with van der Waals surface area (Å²) in [6.07, 6.45) is 0. The Hall–Kier alpha value is -1.62. The lowest BCUT2D eigenvalue weighted by molar-refractivity contribution is 0.207. The summed E-state index contributed by atoms with van der Waals surface area (Å²) in [5.74, 6) is 10.6. The van der Waals surface area contributed by atoms with Crippen molar-refractivity contribution in [3.8, 4) is 0 Å². The molecule has 0 radical (unpaired) electrons. The van der Waals surface area contributed by atoms with Crippen LogP contribution in [0.25, 0.3) is 0 Å². The Morgan fingerprint density at radius 3 is 1.39 bits per heavy atom. The van der Waals surface area contributed by atoms with Gasteiger partial charge in [-0.1, -0.05) is 0 Å². The number of carbonyl (C=O) groups is 2. The zero-order valence-electron chi connectivity index (χ0n) is 10.3. The molecule has 0 atom stereocenters. The molecule has 0 aliphatic heterocycles. The monoisotopic (exact) mass is 262 g/mol. The van der Waals surface area contributed by atoms with Crippen LogP contribution in [-0.4, -0.2) is 61.3 Å². The number of rotatable bonds is 9. The summed E-state index contributed by atoms with van der Waals surface area (Å²) in [5, 5.41) is 7.97. The number of amides is 4. The molecule has 4 amide bonds. The molecule has 10 N–H and O–H groups in total. The molecule has 0 spiro atoms. The van der Waals surface area contributed by atoms with E-state index in [1.807, 2.05) is 0 Å². The maximum atomic E-state index is 10.6. The minimum absolute atomic E-state index is 0.341. The van der Waals surface area contributed by atoms with Gasteiger partial charge in [-0.3, -0.25) is 10.0 Å². The smallest absolute Gasteiger partial charge is 0.328 e. The first-order valence-corrected chi connectivity index (χ1v) is 5.50. The van der Waals surface area contributed by atoms with Crippen molar-refractivity contribution < 1.29 is 9.59 Å². The Morgan fingerprint density at radius 1 is 0.778 bits per heavy atom. The molecule has 0 aromatic carbocycles. The largest absolute Gasteiger partial charge is 0.350 e. The quantitative estimate of drug-likeness (QED) is 0.110. The average molecular weight is 262 g/mol. The third-order valence-electron chi connectivity index (χ3n) is 2.10. The van der Waals surface area contributed by atoms with Crippen molar-refractivity contribution in [1.29, 1.82) is 0 Å². The number of primary amides is 2. The summed E-state index contributed by atoms with van der Waals surface area (Å²) in [7, 11) is 0. The van der Waals surface area contributed by atoms with Gasteiger partial charge in [0.2, 0.25) is 0 Å². The Bertz CT molecular complexity index is 235. The summed E-state index contributed by atoms with van der Waals surface area (Å²) in [5.41, 5.74) is 9.87.